The number of unbranched alkanes of at least 4 members (excludes halogenated alkanes) is 4. The van der Waals surface area contributed by atoms with Gasteiger partial charge in [0.1, 0.15) is 8.07 Å². The molecule has 0 bridgehead atoms. The van der Waals surface area contributed by atoms with Crippen LogP contribution in [0, 0.1) is 0 Å². The standard InChI is InChI=1S/C16H28OSi/c1-4-5-6-7-11-14-16(17)18(2,3)15-12-9-8-10-13-15/h8-10,12-13,16-17H,4-7,11,14H2,1-3H3. The number of aliphatic hydroxyl groups excluding tert-OH is 1. The average Bonchev–Trinajstić information content (AvgIpc) is 2.39. The van der Waals surface area contributed by atoms with E-state index in [9.17, 15) is 5.11 Å². The molecule has 1 unspecified atom stereocenters. The average molecular weight is 264 g/mol. The lowest BCUT2D eigenvalue weighted by Crippen LogP contribution is -2.52. The summed E-state index contributed by atoms with van der Waals surface area (Å²) in [6.45, 7) is 6.79. The van der Waals surface area contributed by atoms with E-state index < -0.39 is 8.07 Å². The first-order valence-electron chi connectivity index (χ1n) is 7.32. The van der Waals surface area contributed by atoms with Crippen molar-refractivity contribution in [2.24, 2.45) is 0 Å². The minimum absolute atomic E-state index is 0.110. The second-order valence-electron chi connectivity index (χ2n) is 5.81. The summed E-state index contributed by atoms with van der Waals surface area (Å²) in [5.41, 5.74) is -0.110. The molecule has 1 rings (SSSR count). The summed E-state index contributed by atoms with van der Waals surface area (Å²) >= 11 is 0. The van der Waals surface area contributed by atoms with Gasteiger partial charge in [-0.05, 0) is 6.42 Å². The number of hydrogen-bond acceptors (Lipinski definition) is 1. The molecule has 0 saturated heterocycles. The highest BCUT2D eigenvalue weighted by atomic mass is 28.3. The fraction of sp³-hybridized carbons (Fsp3) is 0.625. The Morgan fingerprint density at radius 2 is 1.61 bits per heavy atom. The van der Waals surface area contributed by atoms with Gasteiger partial charge >= 0.3 is 0 Å². The van der Waals surface area contributed by atoms with Crippen molar-refractivity contribution in [1.82, 2.24) is 0 Å². The zero-order valence-electron chi connectivity index (χ0n) is 12.2. The summed E-state index contributed by atoms with van der Waals surface area (Å²) in [6.07, 6.45) is 7.34. The highest BCUT2D eigenvalue weighted by Gasteiger charge is 2.31. The maximum absolute atomic E-state index is 10.4. The molecule has 0 spiro atoms. The molecule has 18 heavy (non-hydrogen) atoms. The maximum Gasteiger partial charge on any atom is 0.113 e. The zero-order chi connectivity index (χ0) is 13.4. The molecule has 1 N–H and O–H groups in total. The van der Waals surface area contributed by atoms with Crippen LogP contribution >= 0.6 is 0 Å². The van der Waals surface area contributed by atoms with Gasteiger partial charge in [0.15, 0.2) is 0 Å². The van der Waals surface area contributed by atoms with Crippen molar-refractivity contribution in [3.8, 4) is 0 Å². The molecule has 0 aliphatic carbocycles. The van der Waals surface area contributed by atoms with E-state index in [4.69, 9.17) is 0 Å². The van der Waals surface area contributed by atoms with Gasteiger partial charge in [-0.25, -0.2) is 0 Å². The Hall–Kier alpha value is -0.603. The number of aliphatic hydroxyl groups is 1. The van der Waals surface area contributed by atoms with Crippen LogP contribution in [0.5, 0.6) is 0 Å². The van der Waals surface area contributed by atoms with E-state index in [-0.39, 0.29) is 5.73 Å². The molecule has 0 radical (unpaired) electrons. The maximum atomic E-state index is 10.4. The van der Waals surface area contributed by atoms with Gasteiger partial charge in [0, 0.05) is 5.73 Å². The minimum atomic E-state index is -1.70. The van der Waals surface area contributed by atoms with Crippen LogP contribution in [-0.4, -0.2) is 18.9 Å². The van der Waals surface area contributed by atoms with Gasteiger partial charge in [-0.15, -0.1) is 0 Å². The van der Waals surface area contributed by atoms with Crippen LogP contribution in [0.1, 0.15) is 45.4 Å². The van der Waals surface area contributed by atoms with Crippen LogP contribution in [0.2, 0.25) is 13.1 Å². The van der Waals surface area contributed by atoms with E-state index in [1.807, 2.05) is 6.07 Å². The van der Waals surface area contributed by atoms with Gasteiger partial charge in [0.25, 0.3) is 0 Å². The highest BCUT2D eigenvalue weighted by molar-refractivity contribution is 6.90. The predicted octanol–water partition coefficient (Wildman–Crippen LogP) is 3.86. The number of benzene rings is 1. The smallest absolute Gasteiger partial charge is 0.113 e. The summed E-state index contributed by atoms with van der Waals surface area (Å²) < 4.78 is 0. The lowest BCUT2D eigenvalue weighted by Gasteiger charge is -2.29. The molecule has 1 aromatic carbocycles. The van der Waals surface area contributed by atoms with Gasteiger partial charge in [-0.2, -0.15) is 0 Å². The van der Waals surface area contributed by atoms with Crippen molar-refractivity contribution >= 4 is 13.3 Å². The molecule has 0 saturated carbocycles. The van der Waals surface area contributed by atoms with Crippen molar-refractivity contribution in [2.45, 2.75) is 64.3 Å². The van der Waals surface area contributed by atoms with E-state index in [0.29, 0.717) is 0 Å². The van der Waals surface area contributed by atoms with Crippen molar-refractivity contribution in [3.05, 3.63) is 30.3 Å². The first-order valence-corrected chi connectivity index (χ1v) is 10.4. The molecule has 102 valence electrons. The fourth-order valence-corrected chi connectivity index (χ4v) is 4.72. The second kappa shape index (κ2) is 7.75. The van der Waals surface area contributed by atoms with E-state index in [2.05, 4.69) is 44.3 Å². The minimum Gasteiger partial charge on any atom is -0.396 e. The van der Waals surface area contributed by atoms with Crippen LogP contribution in [0.15, 0.2) is 30.3 Å². The topological polar surface area (TPSA) is 20.2 Å². The molecule has 0 amide bonds. The second-order valence-corrected chi connectivity index (χ2v) is 10.5. The largest absolute Gasteiger partial charge is 0.396 e. The van der Waals surface area contributed by atoms with Crippen LogP contribution in [0.3, 0.4) is 0 Å². The molecule has 2 heteroatoms. The van der Waals surface area contributed by atoms with E-state index >= 15 is 0 Å². The van der Waals surface area contributed by atoms with Gasteiger partial charge < -0.3 is 5.11 Å². The third-order valence-electron chi connectivity index (χ3n) is 3.93. The van der Waals surface area contributed by atoms with Gasteiger partial charge in [0.2, 0.25) is 0 Å². The van der Waals surface area contributed by atoms with Crippen molar-refractivity contribution in [3.63, 3.8) is 0 Å². The van der Waals surface area contributed by atoms with E-state index in [1.165, 1.54) is 37.3 Å². The molecular weight excluding hydrogens is 236 g/mol. The van der Waals surface area contributed by atoms with Crippen molar-refractivity contribution in [1.29, 1.82) is 0 Å². The number of hydrogen-bond donors (Lipinski definition) is 1. The normalized spacial score (nSPS) is 13.6. The highest BCUT2D eigenvalue weighted by Crippen LogP contribution is 2.16. The van der Waals surface area contributed by atoms with Gasteiger partial charge in [0.05, 0.1) is 0 Å². The monoisotopic (exact) mass is 264 g/mol. The molecule has 0 aliphatic rings. The summed E-state index contributed by atoms with van der Waals surface area (Å²) in [7, 11) is -1.70. The Labute approximate surface area is 113 Å². The first kappa shape index (κ1) is 15.5. The zero-order valence-corrected chi connectivity index (χ0v) is 13.2. The lowest BCUT2D eigenvalue weighted by molar-refractivity contribution is 0.229. The molecule has 1 aromatic rings. The Morgan fingerprint density at radius 3 is 2.22 bits per heavy atom. The Balaban J connectivity index is 2.42. The molecule has 0 heterocycles. The van der Waals surface area contributed by atoms with Crippen LogP contribution in [0.4, 0.5) is 0 Å². The lowest BCUT2D eigenvalue weighted by atomic mass is 10.1. The predicted molar refractivity (Wildman–Crippen MR) is 82.9 cm³/mol. The van der Waals surface area contributed by atoms with Crippen molar-refractivity contribution < 1.29 is 5.11 Å². The summed E-state index contributed by atoms with van der Waals surface area (Å²) in [5, 5.41) is 11.8. The molecular formula is C16H28OSi. The Kier molecular flexibility index (Phi) is 6.65. The van der Waals surface area contributed by atoms with Crippen LogP contribution in [0.25, 0.3) is 0 Å². The SMILES string of the molecule is CCCCCCCC(O)[Si](C)(C)c1ccccc1. The summed E-state index contributed by atoms with van der Waals surface area (Å²) in [5.74, 6) is 0. The summed E-state index contributed by atoms with van der Waals surface area (Å²) in [4.78, 5) is 0. The number of rotatable bonds is 8. The molecule has 1 atom stereocenters. The third-order valence-corrected chi connectivity index (χ3v) is 7.71. The summed E-state index contributed by atoms with van der Waals surface area (Å²) in [6, 6.07) is 10.6. The van der Waals surface area contributed by atoms with Crippen molar-refractivity contribution in [2.75, 3.05) is 0 Å². The van der Waals surface area contributed by atoms with Gasteiger partial charge in [-0.1, -0.05) is 87.6 Å². The molecule has 0 aromatic heterocycles. The first-order chi connectivity index (χ1) is 8.59. The van der Waals surface area contributed by atoms with Crippen LogP contribution in [-0.2, 0) is 0 Å². The fourth-order valence-electron chi connectivity index (χ4n) is 2.36. The quantitative estimate of drug-likeness (QED) is 0.558. The molecule has 1 nitrogen and oxygen atoms in total. The Morgan fingerprint density at radius 1 is 1.00 bits per heavy atom. The van der Waals surface area contributed by atoms with Gasteiger partial charge in [-0.3, -0.25) is 0 Å². The molecule has 0 aliphatic heterocycles. The van der Waals surface area contributed by atoms with Crippen LogP contribution < -0.4 is 5.19 Å². The van der Waals surface area contributed by atoms with E-state index in [0.717, 1.165) is 6.42 Å². The third kappa shape index (κ3) is 4.58. The Bertz CT molecular complexity index is 321. The molecule has 0 fully saturated rings. The van der Waals surface area contributed by atoms with E-state index in [1.54, 1.807) is 0 Å².